The number of thioether (sulfide) groups is 1. The Morgan fingerprint density at radius 2 is 2.26 bits per heavy atom. The molecule has 0 aliphatic rings. The molecule has 108 valence electrons. The van der Waals surface area contributed by atoms with E-state index in [1.54, 1.807) is 14.0 Å². The molecular formula is C12H22N4O2S. The molecule has 1 atom stereocenters. The van der Waals surface area contributed by atoms with Crippen molar-refractivity contribution in [2.24, 2.45) is 7.05 Å². The predicted molar refractivity (Wildman–Crippen MR) is 78.3 cm³/mol. The van der Waals surface area contributed by atoms with Crippen LogP contribution in [0, 0.1) is 0 Å². The lowest BCUT2D eigenvalue weighted by Crippen LogP contribution is -2.43. The van der Waals surface area contributed by atoms with Crippen LogP contribution in [0.3, 0.4) is 0 Å². The number of aliphatic hydroxyl groups is 1. The SMILES string of the molecule is CCc1nn(C)c(C(=O)NCC(C)(O)CSC)c1N. The van der Waals surface area contributed by atoms with Crippen molar-refractivity contribution < 1.29 is 9.90 Å². The normalized spacial score (nSPS) is 14.2. The molecule has 1 amide bonds. The lowest BCUT2D eigenvalue weighted by molar-refractivity contribution is 0.0720. The summed E-state index contributed by atoms with van der Waals surface area (Å²) in [5.41, 5.74) is 6.43. The summed E-state index contributed by atoms with van der Waals surface area (Å²) in [6.07, 6.45) is 2.58. The minimum Gasteiger partial charge on any atom is -0.395 e. The van der Waals surface area contributed by atoms with Gasteiger partial charge in [-0.05, 0) is 19.6 Å². The van der Waals surface area contributed by atoms with E-state index in [4.69, 9.17) is 5.73 Å². The summed E-state index contributed by atoms with van der Waals surface area (Å²) >= 11 is 1.53. The summed E-state index contributed by atoms with van der Waals surface area (Å²) in [6.45, 7) is 3.80. The highest BCUT2D eigenvalue weighted by atomic mass is 32.2. The predicted octanol–water partition coefficient (Wildman–Crippen LogP) is 0.409. The number of nitrogens with zero attached hydrogens (tertiary/aromatic N) is 2. The summed E-state index contributed by atoms with van der Waals surface area (Å²) in [4.78, 5) is 12.1. The number of nitrogens with one attached hydrogen (secondary N) is 1. The zero-order chi connectivity index (χ0) is 14.6. The molecule has 6 nitrogen and oxygen atoms in total. The van der Waals surface area contributed by atoms with E-state index >= 15 is 0 Å². The van der Waals surface area contributed by atoms with Gasteiger partial charge in [-0.25, -0.2) is 0 Å². The molecule has 1 aromatic rings. The number of carbonyl (C=O) groups excluding carboxylic acids is 1. The molecule has 0 aliphatic heterocycles. The number of anilines is 1. The van der Waals surface area contributed by atoms with E-state index in [1.807, 2.05) is 13.2 Å². The van der Waals surface area contributed by atoms with Gasteiger partial charge in [0.1, 0.15) is 5.69 Å². The second-order valence-corrected chi connectivity index (χ2v) is 5.66. The van der Waals surface area contributed by atoms with Crippen molar-refractivity contribution in [1.29, 1.82) is 0 Å². The van der Waals surface area contributed by atoms with Crippen molar-refractivity contribution in [2.45, 2.75) is 25.9 Å². The number of nitrogens with two attached hydrogens (primary N) is 1. The van der Waals surface area contributed by atoms with Gasteiger partial charge < -0.3 is 16.2 Å². The van der Waals surface area contributed by atoms with Crippen LogP contribution < -0.4 is 11.1 Å². The van der Waals surface area contributed by atoms with Crippen molar-refractivity contribution in [3.05, 3.63) is 11.4 Å². The van der Waals surface area contributed by atoms with Crippen LogP contribution in [0.2, 0.25) is 0 Å². The van der Waals surface area contributed by atoms with Gasteiger partial charge in [-0.1, -0.05) is 6.92 Å². The number of amides is 1. The number of carbonyl (C=O) groups is 1. The highest BCUT2D eigenvalue weighted by Gasteiger charge is 2.24. The summed E-state index contributed by atoms with van der Waals surface area (Å²) < 4.78 is 1.48. The van der Waals surface area contributed by atoms with Crippen molar-refractivity contribution in [2.75, 3.05) is 24.3 Å². The third kappa shape index (κ3) is 3.87. The van der Waals surface area contributed by atoms with Gasteiger partial charge in [0.25, 0.3) is 5.91 Å². The van der Waals surface area contributed by atoms with E-state index < -0.39 is 5.60 Å². The van der Waals surface area contributed by atoms with E-state index in [0.717, 1.165) is 0 Å². The summed E-state index contributed by atoms with van der Waals surface area (Å²) in [6, 6.07) is 0. The van der Waals surface area contributed by atoms with E-state index in [2.05, 4.69) is 10.4 Å². The maximum Gasteiger partial charge on any atom is 0.271 e. The molecule has 0 aromatic carbocycles. The average molecular weight is 286 g/mol. The van der Waals surface area contributed by atoms with Crippen LogP contribution in [0.1, 0.15) is 30.0 Å². The second kappa shape index (κ2) is 6.29. The zero-order valence-electron chi connectivity index (χ0n) is 11.9. The van der Waals surface area contributed by atoms with Gasteiger partial charge in [0.2, 0.25) is 0 Å². The van der Waals surface area contributed by atoms with Crippen LogP contribution in [0.25, 0.3) is 0 Å². The lowest BCUT2D eigenvalue weighted by Gasteiger charge is -2.22. The molecule has 0 aliphatic carbocycles. The average Bonchev–Trinajstić information content (AvgIpc) is 2.61. The van der Waals surface area contributed by atoms with Gasteiger partial charge in [-0.3, -0.25) is 9.48 Å². The fourth-order valence-corrected chi connectivity index (χ4v) is 2.57. The number of aromatic nitrogens is 2. The Labute approximate surface area is 117 Å². The van der Waals surface area contributed by atoms with Gasteiger partial charge in [0.05, 0.1) is 17.0 Å². The van der Waals surface area contributed by atoms with Crippen LogP contribution in [-0.4, -0.2) is 44.9 Å². The summed E-state index contributed by atoms with van der Waals surface area (Å²) in [5.74, 6) is 0.238. The highest BCUT2D eigenvalue weighted by molar-refractivity contribution is 7.98. The third-order valence-electron chi connectivity index (χ3n) is 2.80. The molecule has 0 spiro atoms. The lowest BCUT2D eigenvalue weighted by atomic mass is 10.1. The van der Waals surface area contributed by atoms with Crippen LogP contribution in [-0.2, 0) is 13.5 Å². The maximum absolute atomic E-state index is 12.1. The van der Waals surface area contributed by atoms with Crippen LogP contribution in [0.15, 0.2) is 0 Å². The quantitative estimate of drug-likeness (QED) is 0.704. The van der Waals surface area contributed by atoms with Crippen molar-refractivity contribution >= 4 is 23.4 Å². The van der Waals surface area contributed by atoms with E-state index in [1.165, 1.54) is 16.4 Å². The first-order valence-corrected chi connectivity index (χ1v) is 7.52. The van der Waals surface area contributed by atoms with E-state index in [9.17, 15) is 9.90 Å². The summed E-state index contributed by atoms with van der Waals surface area (Å²) in [5, 5.41) is 16.9. The van der Waals surface area contributed by atoms with Crippen LogP contribution >= 0.6 is 11.8 Å². The van der Waals surface area contributed by atoms with E-state index in [-0.39, 0.29) is 12.5 Å². The fraction of sp³-hybridized carbons (Fsp3) is 0.667. The van der Waals surface area contributed by atoms with Gasteiger partial charge in [0, 0.05) is 19.3 Å². The Balaban J connectivity index is 2.77. The monoisotopic (exact) mass is 286 g/mol. The standard InChI is InChI=1S/C12H22N4O2S/c1-5-8-9(13)10(16(3)15-8)11(17)14-6-12(2,18)7-19-4/h18H,5-7,13H2,1-4H3,(H,14,17). The van der Waals surface area contributed by atoms with Crippen molar-refractivity contribution in [3.63, 3.8) is 0 Å². The highest BCUT2D eigenvalue weighted by Crippen LogP contribution is 2.17. The Hall–Kier alpha value is -1.21. The maximum atomic E-state index is 12.1. The largest absolute Gasteiger partial charge is 0.395 e. The zero-order valence-corrected chi connectivity index (χ0v) is 12.7. The van der Waals surface area contributed by atoms with Crippen LogP contribution in [0.4, 0.5) is 5.69 Å². The molecule has 7 heteroatoms. The van der Waals surface area contributed by atoms with Gasteiger partial charge >= 0.3 is 0 Å². The molecule has 1 rings (SSSR count). The number of hydrogen-bond donors (Lipinski definition) is 3. The Morgan fingerprint density at radius 1 is 1.63 bits per heavy atom. The van der Waals surface area contributed by atoms with Crippen LogP contribution in [0.5, 0.6) is 0 Å². The molecule has 19 heavy (non-hydrogen) atoms. The van der Waals surface area contributed by atoms with Gasteiger partial charge in [0.15, 0.2) is 0 Å². The molecule has 1 aromatic heterocycles. The van der Waals surface area contributed by atoms with Crippen molar-refractivity contribution in [3.8, 4) is 0 Å². The van der Waals surface area contributed by atoms with E-state index in [0.29, 0.717) is 29.2 Å². The molecule has 0 radical (unpaired) electrons. The smallest absolute Gasteiger partial charge is 0.271 e. The third-order valence-corrected chi connectivity index (χ3v) is 3.71. The number of aryl methyl sites for hydroxylation is 2. The molecular weight excluding hydrogens is 264 g/mol. The van der Waals surface area contributed by atoms with Gasteiger partial charge in [-0.15, -0.1) is 0 Å². The first kappa shape index (κ1) is 15.8. The summed E-state index contributed by atoms with van der Waals surface area (Å²) in [7, 11) is 1.68. The number of nitrogen functional groups attached to an aromatic ring is 1. The minimum atomic E-state index is -0.935. The molecule has 0 saturated carbocycles. The Morgan fingerprint density at radius 3 is 2.74 bits per heavy atom. The second-order valence-electron chi connectivity index (χ2n) is 4.80. The Kier molecular flexibility index (Phi) is 5.25. The minimum absolute atomic E-state index is 0.179. The number of rotatable bonds is 6. The fourth-order valence-electron chi connectivity index (χ4n) is 1.84. The topological polar surface area (TPSA) is 93.2 Å². The number of hydrogen-bond acceptors (Lipinski definition) is 5. The molecule has 1 unspecified atom stereocenters. The molecule has 4 N–H and O–H groups in total. The molecule has 0 fully saturated rings. The first-order valence-electron chi connectivity index (χ1n) is 6.13. The van der Waals surface area contributed by atoms with Crippen molar-refractivity contribution in [1.82, 2.24) is 15.1 Å². The molecule has 0 bridgehead atoms. The Bertz CT molecular complexity index is 457. The molecule has 1 heterocycles. The van der Waals surface area contributed by atoms with Gasteiger partial charge in [-0.2, -0.15) is 16.9 Å². The first-order chi connectivity index (χ1) is 8.82. The molecule has 0 saturated heterocycles.